The Balaban J connectivity index is 1.42. The van der Waals surface area contributed by atoms with E-state index >= 15 is 0 Å². The van der Waals surface area contributed by atoms with Crippen LogP contribution in [0, 0.1) is 17.6 Å². The lowest BCUT2D eigenvalue weighted by atomic mass is 9.85. The Bertz CT molecular complexity index is 834. The highest BCUT2D eigenvalue weighted by Crippen LogP contribution is 2.52. The molecule has 3 atom stereocenters. The molecule has 33 heavy (non-hydrogen) atoms. The average molecular weight is 460 g/mol. The third-order valence-corrected chi connectivity index (χ3v) is 7.91. The minimum atomic E-state index is -0.615. The molecule has 3 unspecified atom stereocenters. The Kier molecular flexibility index (Phi) is 7.83. The molecule has 1 aromatic rings. The summed E-state index contributed by atoms with van der Waals surface area (Å²) in [5, 5.41) is 5.84. The molecule has 182 valence electrons. The first-order chi connectivity index (χ1) is 16.0. The molecular formula is C27H39F2N3O. The van der Waals surface area contributed by atoms with Gasteiger partial charge in [0.2, 0.25) is 5.91 Å². The number of piperidine rings is 1. The second kappa shape index (κ2) is 10.6. The van der Waals surface area contributed by atoms with Crippen LogP contribution in [0.25, 0.3) is 0 Å². The van der Waals surface area contributed by atoms with Crippen LogP contribution in [0.5, 0.6) is 0 Å². The molecule has 2 heterocycles. The SMILES string of the molecule is CCCCCCC(CCC)N1CCC(C(=O)N2N=CCC2c2cc(F)cc(F)c2)CC12CC2. The van der Waals surface area contributed by atoms with Crippen molar-refractivity contribution in [3.8, 4) is 0 Å². The van der Waals surface area contributed by atoms with Gasteiger partial charge in [-0.15, -0.1) is 0 Å². The van der Waals surface area contributed by atoms with Gasteiger partial charge in [0.15, 0.2) is 0 Å². The Morgan fingerprint density at radius 2 is 1.85 bits per heavy atom. The number of hydrazone groups is 1. The minimum Gasteiger partial charge on any atom is -0.295 e. The van der Waals surface area contributed by atoms with Crippen LogP contribution < -0.4 is 0 Å². The number of carbonyl (C=O) groups is 1. The zero-order valence-corrected chi connectivity index (χ0v) is 20.2. The number of carbonyl (C=O) groups excluding carboxylic acids is 1. The van der Waals surface area contributed by atoms with Crippen LogP contribution >= 0.6 is 0 Å². The van der Waals surface area contributed by atoms with Crippen LogP contribution in [0.4, 0.5) is 8.78 Å². The minimum absolute atomic E-state index is 0.0133. The van der Waals surface area contributed by atoms with Crippen molar-refractivity contribution in [1.82, 2.24) is 9.91 Å². The van der Waals surface area contributed by atoms with Crippen LogP contribution in [0.1, 0.15) is 103 Å². The van der Waals surface area contributed by atoms with E-state index in [9.17, 15) is 13.6 Å². The first-order valence-corrected chi connectivity index (χ1v) is 13.1. The summed E-state index contributed by atoms with van der Waals surface area (Å²) in [7, 11) is 0. The number of halogens is 2. The molecule has 0 bridgehead atoms. The zero-order valence-electron chi connectivity index (χ0n) is 20.2. The summed E-state index contributed by atoms with van der Waals surface area (Å²) in [6.07, 6.45) is 15.1. The van der Waals surface area contributed by atoms with Crippen LogP contribution in [0.15, 0.2) is 23.3 Å². The van der Waals surface area contributed by atoms with E-state index in [-0.39, 0.29) is 17.4 Å². The van der Waals surface area contributed by atoms with E-state index in [1.54, 1.807) is 6.21 Å². The van der Waals surface area contributed by atoms with E-state index in [0.717, 1.165) is 25.5 Å². The van der Waals surface area contributed by atoms with Gasteiger partial charge in [-0.25, -0.2) is 13.8 Å². The van der Waals surface area contributed by atoms with Crippen molar-refractivity contribution in [2.24, 2.45) is 11.0 Å². The number of benzene rings is 1. The van der Waals surface area contributed by atoms with Crippen LogP contribution in [0.3, 0.4) is 0 Å². The maximum Gasteiger partial charge on any atom is 0.246 e. The van der Waals surface area contributed by atoms with Gasteiger partial charge in [-0.05, 0) is 62.8 Å². The highest BCUT2D eigenvalue weighted by Gasteiger charge is 2.54. The van der Waals surface area contributed by atoms with Gasteiger partial charge < -0.3 is 0 Å². The summed E-state index contributed by atoms with van der Waals surface area (Å²) in [5.74, 6) is -1.28. The Morgan fingerprint density at radius 1 is 1.09 bits per heavy atom. The lowest BCUT2D eigenvalue weighted by molar-refractivity contribution is -0.140. The van der Waals surface area contributed by atoms with E-state index in [1.807, 2.05) is 0 Å². The Morgan fingerprint density at radius 3 is 2.52 bits per heavy atom. The van der Waals surface area contributed by atoms with Crippen molar-refractivity contribution in [3.05, 3.63) is 35.4 Å². The van der Waals surface area contributed by atoms with Crippen molar-refractivity contribution >= 4 is 12.1 Å². The van der Waals surface area contributed by atoms with Crippen molar-refractivity contribution in [2.75, 3.05) is 6.54 Å². The number of rotatable bonds is 10. The fourth-order valence-corrected chi connectivity index (χ4v) is 6.08. The average Bonchev–Trinajstić information content (AvgIpc) is 3.36. The molecule has 1 saturated heterocycles. The number of likely N-dealkylation sites (tertiary alicyclic amines) is 1. The highest BCUT2D eigenvalue weighted by molar-refractivity contribution is 5.82. The summed E-state index contributed by atoms with van der Waals surface area (Å²) in [6, 6.07) is 3.72. The fourth-order valence-electron chi connectivity index (χ4n) is 6.08. The lowest BCUT2D eigenvalue weighted by Crippen LogP contribution is -2.52. The van der Waals surface area contributed by atoms with Crippen LogP contribution in [-0.4, -0.2) is 40.2 Å². The summed E-state index contributed by atoms with van der Waals surface area (Å²) in [4.78, 5) is 16.3. The predicted octanol–water partition coefficient (Wildman–Crippen LogP) is 6.61. The van der Waals surface area contributed by atoms with Crippen LogP contribution in [0.2, 0.25) is 0 Å². The molecule has 6 heteroatoms. The first-order valence-electron chi connectivity index (χ1n) is 13.1. The summed E-state index contributed by atoms with van der Waals surface area (Å²) < 4.78 is 27.6. The first kappa shape index (κ1) is 24.3. The van der Waals surface area contributed by atoms with E-state index in [4.69, 9.17) is 0 Å². The normalized spacial score (nSPS) is 25.0. The second-order valence-electron chi connectivity index (χ2n) is 10.3. The summed E-state index contributed by atoms with van der Waals surface area (Å²) in [5.41, 5.74) is 0.652. The molecule has 0 aromatic heterocycles. The topological polar surface area (TPSA) is 35.9 Å². The third kappa shape index (κ3) is 5.47. The van der Waals surface area contributed by atoms with Gasteiger partial charge in [0, 0.05) is 36.2 Å². The summed E-state index contributed by atoms with van der Waals surface area (Å²) in [6.45, 7) is 5.49. The molecule has 0 radical (unpaired) electrons. The largest absolute Gasteiger partial charge is 0.295 e. The number of unbranched alkanes of at least 4 members (excludes halogenated alkanes) is 3. The van der Waals surface area contributed by atoms with E-state index in [0.29, 0.717) is 18.0 Å². The quantitative estimate of drug-likeness (QED) is 0.369. The van der Waals surface area contributed by atoms with E-state index in [2.05, 4.69) is 23.8 Å². The number of amides is 1. The van der Waals surface area contributed by atoms with Gasteiger partial charge in [0.25, 0.3) is 0 Å². The molecule has 3 aliphatic rings. The van der Waals surface area contributed by atoms with Gasteiger partial charge >= 0.3 is 0 Å². The van der Waals surface area contributed by atoms with Gasteiger partial charge in [-0.3, -0.25) is 9.69 Å². The standard InChI is InChI=1S/C27H39F2N3O/c1-3-5-6-7-9-24(8-4-2)31-15-11-20(19-27(31)12-13-27)26(33)32-25(10-14-30-32)21-16-22(28)18-23(29)17-21/h14,16-18,20,24-25H,3-13,15,19H2,1-2H3. The molecule has 4 rings (SSSR count). The molecule has 1 aromatic carbocycles. The fraction of sp³-hybridized carbons (Fsp3) is 0.704. The van der Waals surface area contributed by atoms with Crippen LogP contribution in [-0.2, 0) is 4.79 Å². The lowest BCUT2D eigenvalue weighted by Gasteiger charge is -2.45. The van der Waals surface area contributed by atoms with Crippen molar-refractivity contribution < 1.29 is 13.6 Å². The molecule has 1 aliphatic carbocycles. The maximum absolute atomic E-state index is 13.8. The zero-order chi connectivity index (χ0) is 23.4. The Labute approximate surface area is 197 Å². The van der Waals surface area contributed by atoms with Crippen molar-refractivity contribution in [3.63, 3.8) is 0 Å². The van der Waals surface area contributed by atoms with Gasteiger partial charge in [-0.1, -0.05) is 46.0 Å². The van der Waals surface area contributed by atoms with E-state index in [1.165, 1.54) is 74.9 Å². The Hall–Kier alpha value is -1.82. The number of hydrogen-bond donors (Lipinski definition) is 0. The third-order valence-electron chi connectivity index (χ3n) is 7.91. The highest BCUT2D eigenvalue weighted by atomic mass is 19.1. The number of hydrogen-bond acceptors (Lipinski definition) is 3. The molecular weight excluding hydrogens is 420 g/mol. The monoisotopic (exact) mass is 459 g/mol. The molecule has 4 nitrogen and oxygen atoms in total. The molecule has 1 amide bonds. The molecule has 1 saturated carbocycles. The molecule has 1 spiro atoms. The van der Waals surface area contributed by atoms with E-state index < -0.39 is 17.7 Å². The predicted molar refractivity (Wildman–Crippen MR) is 128 cm³/mol. The van der Waals surface area contributed by atoms with Crippen molar-refractivity contribution in [1.29, 1.82) is 0 Å². The molecule has 0 N–H and O–H groups in total. The van der Waals surface area contributed by atoms with Gasteiger partial charge in [0.05, 0.1) is 6.04 Å². The summed E-state index contributed by atoms with van der Waals surface area (Å²) >= 11 is 0. The van der Waals surface area contributed by atoms with Gasteiger partial charge in [0.1, 0.15) is 11.6 Å². The smallest absolute Gasteiger partial charge is 0.246 e. The van der Waals surface area contributed by atoms with Crippen molar-refractivity contribution in [2.45, 2.75) is 109 Å². The number of nitrogens with zero attached hydrogens (tertiary/aromatic N) is 3. The molecule has 2 fully saturated rings. The van der Waals surface area contributed by atoms with Gasteiger partial charge in [-0.2, -0.15) is 5.10 Å². The second-order valence-corrected chi connectivity index (χ2v) is 10.3. The maximum atomic E-state index is 13.8. The molecule has 2 aliphatic heterocycles.